The first-order valence-electron chi connectivity index (χ1n) is 7.31. The van der Waals surface area contributed by atoms with E-state index in [1.54, 1.807) is 12.1 Å². The first-order chi connectivity index (χ1) is 11.1. The van der Waals surface area contributed by atoms with Gasteiger partial charge in [0.15, 0.2) is 0 Å². The van der Waals surface area contributed by atoms with Gasteiger partial charge in [-0.1, -0.05) is 18.2 Å². The maximum atomic E-state index is 10.8. The normalized spacial score (nSPS) is 12.8. The highest BCUT2D eigenvalue weighted by molar-refractivity contribution is 6.17. The molecule has 2 aromatic carbocycles. The average Bonchev–Trinajstić information content (AvgIpc) is 3.39. The molecular formula is C18H19ClO4. The van der Waals surface area contributed by atoms with E-state index >= 15 is 0 Å². The van der Waals surface area contributed by atoms with Crippen molar-refractivity contribution in [2.75, 3.05) is 7.11 Å². The van der Waals surface area contributed by atoms with Crippen molar-refractivity contribution >= 4 is 17.6 Å². The second-order valence-corrected chi connectivity index (χ2v) is 5.41. The highest BCUT2D eigenvalue weighted by Gasteiger charge is 2.23. The Morgan fingerprint density at radius 1 is 1.22 bits per heavy atom. The number of rotatable bonds is 4. The number of aromatic hydroxyl groups is 1. The van der Waals surface area contributed by atoms with Crippen LogP contribution in [0.25, 0.3) is 0 Å². The van der Waals surface area contributed by atoms with Gasteiger partial charge in [0.25, 0.3) is 0 Å². The maximum Gasteiger partial charge on any atom is 0.337 e. The summed E-state index contributed by atoms with van der Waals surface area (Å²) in [7, 11) is 1.30. The number of ether oxygens (including phenoxy) is 2. The van der Waals surface area contributed by atoms with Gasteiger partial charge in [-0.25, -0.2) is 4.79 Å². The van der Waals surface area contributed by atoms with Crippen LogP contribution in [0.1, 0.15) is 28.8 Å². The van der Waals surface area contributed by atoms with E-state index in [0.717, 1.165) is 11.3 Å². The maximum absolute atomic E-state index is 10.8. The topological polar surface area (TPSA) is 55.8 Å². The lowest BCUT2D eigenvalue weighted by molar-refractivity contribution is 0.0600. The third kappa shape index (κ3) is 5.83. The number of hydrogen-bond donors (Lipinski definition) is 1. The van der Waals surface area contributed by atoms with Crippen LogP contribution in [0.4, 0.5) is 0 Å². The summed E-state index contributed by atoms with van der Waals surface area (Å²) in [4.78, 5) is 10.8. The summed E-state index contributed by atoms with van der Waals surface area (Å²) in [5, 5.41) is 8.95. The Morgan fingerprint density at radius 2 is 1.96 bits per heavy atom. The van der Waals surface area contributed by atoms with Gasteiger partial charge in [-0.3, -0.25) is 0 Å². The van der Waals surface area contributed by atoms with Crippen LogP contribution in [0.5, 0.6) is 11.5 Å². The molecule has 0 aromatic heterocycles. The molecule has 0 atom stereocenters. The second kappa shape index (κ2) is 8.44. The molecule has 4 nitrogen and oxygen atoms in total. The molecule has 1 fully saturated rings. The Bertz CT molecular complexity index is 653. The van der Waals surface area contributed by atoms with Crippen molar-refractivity contribution in [1.29, 1.82) is 0 Å². The summed E-state index contributed by atoms with van der Waals surface area (Å²) in [5.41, 5.74) is 1.47. The molecule has 122 valence electrons. The van der Waals surface area contributed by atoms with Gasteiger partial charge in [-0.15, -0.1) is 11.6 Å². The molecule has 0 amide bonds. The van der Waals surface area contributed by atoms with Crippen molar-refractivity contribution in [3.63, 3.8) is 0 Å². The molecule has 0 aliphatic heterocycles. The SMILES string of the molecule is COC(=O)c1cccc(O)c1.ClCc1cccc(OC2CC2)c1. The molecule has 5 heteroatoms. The summed E-state index contributed by atoms with van der Waals surface area (Å²) in [6.07, 6.45) is 2.87. The van der Waals surface area contributed by atoms with Gasteiger partial charge >= 0.3 is 5.97 Å². The summed E-state index contributed by atoms with van der Waals surface area (Å²) >= 11 is 5.70. The van der Waals surface area contributed by atoms with Crippen molar-refractivity contribution in [2.45, 2.75) is 24.8 Å². The molecule has 2 aromatic rings. The lowest BCUT2D eigenvalue weighted by Gasteiger charge is -2.04. The predicted octanol–water partition coefficient (Wildman–Crippen LogP) is 4.15. The highest BCUT2D eigenvalue weighted by Crippen LogP contribution is 2.27. The van der Waals surface area contributed by atoms with E-state index in [-0.39, 0.29) is 5.75 Å². The molecule has 1 N–H and O–H groups in total. The molecule has 1 aliphatic carbocycles. The Balaban J connectivity index is 0.000000168. The quantitative estimate of drug-likeness (QED) is 0.674. The fourth-order valence-corrected chi connectivity index (χ4v) is 2.00. The van der Waals surface area contributed by atoms with Crippen molar-refractivity contribution < 1.29 is 19.4 Å². The van der Waals surface area contributed by atoms with E-state index in [9.17, 15) is 4.79 Å². The van der Waals surface area contributed by atoms with Crippen LogP contribution in [0.3, 0.4) is 0 Å². The van der Waals surface area contributed by atoms with Gasteiger partial charge in [-0.05, 0) is 48.7 Å². The first kappa shape index (κ1) is 17.2. The molecular weight excluding hydrogens is 316 g/mol. The van der Waals surface area contributed by atoms with E-state index in [4.69, 9.17) is 21.4 Å². The fraction of sp³-hybridized carbons (Fsp3) is 0.278. The Morgan fingerprint density at radius 3 is 2.57 bits per heavy atom. The largest absolute Gasteiger partial charge is 0.508 e. The number of carbonyl (C=O) groups is 1. The molecule has 3 rings (SSSR count). The van der Waals surface area contributed by atoms with Gasteiger partial charge < -0.3 is 14.6 Å². The highest BCUT2D eigenvalue weighted by atomic mass is 35.5. The van der Waals surface area contributed by atoms with E-state index in [1.807, 2.05) is 24.3 Å². The minimum absolute atomic E-state index is 0.0629. The van der Waals surface area contributed by atoms with Crippen molar-refractivity contribution in [2.24, 2.45) is 0 Å². The summed E-state index contributed by atoms with van der Waals surface area (Å²) in [6.45, 7) is 0. The Hall–Kier alpha value is -2.20. The molecule has 0 bridgehead atoms. The summed E-state index contributed by atoms with van der Waals surface area (Å²) in [5.74, 6) is 1.13. The lowest BCUT2D eigenvalue weighted by atomic mass is 10.2. The van der Waals surface area contributed by atoms with Gasteiger partial charge in [-0.2, -0.15) is 0 Å². The molecule has 0 unspecified atom stereocenters. The van der Waals surface area contributed by atoms with Crippen LogP contribution in [0.2, 0.25) is 0 Å². The zero-order valence-corrected chi connectivity index (χ0v) is 13.6. The Labute approximate surface area is 140 Å². The van der Waals surface area contributed by atoms with Crippen molar-refractivity contribution in [3.8, 4) is 11.5 Å². The number of esters is 1. The van der Waals surface area contributed by atoms with Gasteiger partial charge in [0.2, 0.25) is 0 Å². The van der Waals surface area contributed by atoms with Crippen LogP contribution in [-0.4, -0.2) is 24.3 Å². The predicted molar refractivity (Wildman–Crippen MR) is 89.1 cm³/mol. The number of hydrogen-bond acceptors (Lipinski definition) is 4. The fourth-order valence-electron chi connectivity index (χ4n) is 1.83. The standard InChI is InChI=1S/C10H11ClO.C8H8O3/c11-7-8-2-1-3-10(6-8)12-9-4-5-9;1-11-8(10)6-3-2-4-7(9)5-6/h1-3,6,9H,4-5,7H2;2-5,9H,1H3. The number of halogens is 1. The minimum Gasteiger partial charge on any atom is -0.508 e. The smallest absolute Gasteiger partial charge is 0.337 e. The van der Waals surface area contributed by atoms with Crippen molar-refractivity contribution in [3.05, 3.63) is 59.7 Å². The molecule has 1 aliphatic rings. The molecule has 0 heterocycles. The zero-order chi connectivity index (χ0) is 16.7. The number of carbonyl (C=O) groups excluding carboxylic acids is 1. The molecule has 23 heavy (non-hydrogen) atoms. The van der Waals surface area contributed by atoms with E-state index in [2.05, 4.69) is 4.74 Å². The van der Waals surface area contributed by atoms with Crippen LogP contribution < -0.4 is 4.74 Å². The number of benzene rings is 2. The number of methoxy groups -OCH3 is 1. The van der Waals surface area contributed by atoms with Gasteiger partial charge in [0.1, 0.15) is 11.5 Å². The second-order valence-electron chi connectivity index (χ2n) is 5.14. The lowest BCUT2D eigenvalue weighted by Crippen LogP contribution is -1.99. The van der Waals surface area contributed by atoms with Crippen LogP contribution in [0, 0.1) is 0 Å². The zero-order valence-electron chi connectivity index (χ0n) is 12.9. The summed E-state index contributed by atoms with van der Waals surface area (Å²) < 4.78 is 10.1. The third-order valence-electron chi connectivity index (χ3n) is 3.15. The molecule has 0 spiro atoms. The van der Waals surface area contributed by atoms with E-state index < -0.39 is 5.97 Å². The minimum atomic E-state index is -0.444. The van der Waals surface area contributed by atoms with Crippen LogP contribution in [-0.2, 0) is 10.6 Å². The summed E-state index contributed by atoms with van der Waals surface area (Å²) in [6, 6.07) is 14.0. The van der Waals surface area contributed by atoms with Gasteiger partial charge in [0, 0.05) is 5.88 Å². The molecule has 1 saturated carbocycles. The van der Waals surface area contributed by atoms with Crippen molar-refractivity contribution in [1.82, 2.24) is 0 Å². The Kier molecular flexibility index (Phi) is 6.29. The van der Waals surface area contributed by atoms with E-state index in [1.165, 1.54) is 32.1 Å². The molecule has 0 radical (unpaired) electrons. The van der Waals surface area contributed by atoms with Crippen LogP contribution >= 0.6 is 11.6 Å². The van der Waals surface area contributed by atoms with E-state index in [0.29, 0.717) is 17.5 Å². The first-order valence-corrected chi connectivity index (χ1v) is 7.84. The number of phenols is 1. The monoisotopic (exact) mass is 334 g/mol. The van der Waals surface area contributed by atoms with Gasteiger partial charge in [0.05, 0.1) is 18.8 Å². The van der Waals surface area contributed by atoms with Crippen LogP contribution in [0.15, 0.2) is 48.5 Å². The number of alkyl halides is 1. The molecule has 0 saturated heterocycles. The third-order valence-corrected chi connectivity index (χ3v) is 3.46. The number of phenolic OH excluding ortho intramolecular Hbond substituents is 1. The average molecular weight is 335 g/mol.